The summed E-state index contributed by atoms with van der Waals surface area (Å²) in [6.07, 6.45) is 1.61. The van der Waals surface area contributed by atoms with Crippen LogP contribution < -0.4 is 5.32 Å². The minimum Gasteiger partial charge on any atom is -0.332 e. The number of halogens is 1. The van der Waals surface area contributed by atoms with Crippen molar-refractivity contribution in [3.63, 3.8) is 0 Å². The maximum Gasteiger partial charge on any atom is 0.264 e. The van der Waals surface area contributed by atoms with E-state index < -0.39 is 0 Å². The molecule has 0 aliphatic rings. The molecule has 0 radical (unpaired) electrons. The van der Waals surface area contributed by atoms with Crippen molar-refractivity contribution in [1.29, 1.82) is 0 Å². The fraction of sp³-hybridized carbons (Fsp3) is 0.214. The SMILES string of the molecule is Cc1cccnc1NC(=O)CN(C)C(=O)c1ccc(Br)s1. The number of anilines is 1. The summed E-state index contributed by atoms with van der Waals surface area (Å²) < 4.78 is 0.882. The van der Waals surface area contributed by atoms with Crippen LogP contribution in [0.3, 0.4) is 0 Å². The lowest BCUT2D eigenvalue weighted by Gasteiger charge is -2.16. The molecular formula is C14H14BrN3O2S. The third kappa shape index (κ3) is 4.12. The number of hydrogen-bond acceptors (Lipinski definition) is 4. The molecule has 0 atom stereocenters. The zero-order valence-corrected chi connectivity index (χ0v) is 14.0. The zero-order chi connectivity index (χ0) is 15.4. The molecule has 0 saturated carbocycles. The second-order valence-electron chi connectivity index (χ2n) is 4.48. The molecule has 1 N–H and O–H groups in total. The number of aryl methyl sites for hydroxylation is 1. The Morgan fingerprint density at radius 1 is 1.38 bits per heavy atom. The van der Waals surface area contributed by atoms with Crippen LogP contribution in [0.1, 0.15) is 15.2 Å². The Morgan fingerprint density at radius 3 is 2.76 bits per heavy atom. The van der Waals surface area contributed by atoms with Gasteiger partial charge in [0.15, 0.2) is 0 Å². The number of rotatable bonds is 4. The lowest BCUT2D eigenvalue weighted by Crippen LogP contribution is -2.34. The third-order valence-corrected chi connectivity index (χ3v) is 4.39. The highest BCUT2D eigenvalue weighted by atomic mass is 79.9. The van der Waals surface area contributed by atoms with E-state index in [1.807, 2.05) is 19.1 Å². The number of pyridine rings is 1. The second-order valence-corrected chi connectivity index (χ2v) is 6.95. The molecule has 2 aromatic rings. The molecule has 2 aromatic heterocycles. The number of amides is 2. The number of nitrogens with zero attached hydrogens (tertiary/aromatic N) is 2. The Morgan fingerprint density at radius 2 is 2.14 bits per heavy atom. The number of nitrogens with one attached hydrogen (secondary N) is 1. The summed E-state index contributed by atoms with van der Waals surface area (Å²) in [7, 11) is 1.60. The van der Waals surface area contributed by atoms with Crippen LogP contribution >= 0.6 is 27.3 Å². The topological polar surface area (TPSA) is 62.3 Å². The number of aromatic nitrogens is 1. The minimum absolute atomic E-state index is 0.0234. The molecule has 110 valence electrons. The summed E-state index contributed by atoms with van der Waals surface area (Å²) in [4.78, 5) is 30.2. The highest BCUT2D eigenvalue weighted by Gasteiger charge is 2.17. The van der Waals surface area contributed by atoms with Crippen molar-refractivity contribution in [2.45, 2.75) is 6.92 Å². The average Bonchev–Trinajstić information content (AvgIpc) is 2.87. The van der Waals surface area contributed by atoms with Gasteiger partial charge in [0.05, 0.1) is 15.2 Å². The number of carbonyl (C=O) groups is 2. The monoisotopic (exact) mass is 367 g/mol. The van der Waals surface area contributed by atoms with Gasteiger partial charge in [-0.1, -0.05) is 6.07 Å². The normalized spacial score (nSPS) is 10.2. The van der Waals surface area contributed by atoms with Gasteiger partial charge in [-0.2, -0.15) is 0 Å². The van der Waals surface area contributed by atoms with E-state index in [4.69, 9.17) is 0 Å². The van der Waals surface area contributed by atoms with E-state index in [0.29, 0.717) is 10.7 Å². The van der Waals surface area contributed by atoms with Crippen molar-refractivity contribution < 1.29 is 9.59 Å². The van der Waals surface area contributed by atoms with Crippen LogP contribution in [0.2, 0.25) is 0 Å². The van der Waals surface area contributed by atoms with Crippen LogP contribution in [-0.2, 0) is 4.79 Å². The lowest BCUT2D eigenvalue weighted by atomic mass is 10.3. The molecule has 5 nitrogen and oxygen atoms in total. The summed E-state index contributed by atoms with van der Waals surface area (Å²) in [5, 5.41) is 2.70. The molecule has 21 heavy (non-hydrogen) atoms. The Balaban J connectivity index is 1.96. The van der Waals surface area contributed by atoms with Crippen molar-refractivity contribution in [3.8, 4) is 0 Å². The smallest absolute Gasteiger partial charge is 0.264 e. The number of hydrogen-bond donors (Lipinski definition) is 1. The minimum atomic E-state index is -0.275. The summed E-state index contributed by atoms with van der Waals surface area (Å²) in [5.41, 5.74) is 0.877. The molecule has 0 aromatic carbocycles. The third-order valence-electron chi connectivity index (χ3n) is 2.78. The predicted octanol–water partition coefficient (Wildman–Crippen LogP) is 2.92. The summed E-state index contributed by atoms with van der Waals surface area (Å²) in [6.45, 7) is 1.84. The maximum atomic E-state index is 12.1. The van der Waals surface area contributed by atoms with Gasteiger partial charge in [-0.25, -0.2) is 4.98 Å². The molecule has 0 fully saturated rings. The number of thiophene rings is 1. The molecule has 0 spiro atoms. The molecule has 0 aliphatic carbocycles. The number of likely N-dealkylation sites (N-methyl/N-ethyl adjacent to an activating group) is 1. The van der Waals surface area contributed by atoms with Crippen LogP contribution in [0.25, 0.3) is 0 Å². The predicted molar refractivity (Wildman–Crippen MR) is 86.6 cm³/mol. The Hall–Kier alpha value is -1.73. The van der Waals surface area contributed by atoms with Gasteiger partial charge in [-0.05, 0) is 46.6 Å². The van der Waals surface area contributed by atoms with E-state index in [1.54, 1.807) is 25.4 Å². The van der Waals surface area contributed by atoms with Crippen molar-refractivity contribution >= 4 is 44.9 Å². The van der Waals surface area contributed by atoms with Gasteiger partial charge in [0.25, 0.3) is 5.91 Å². The van der Waals surface area contributed by atoms with Crippen LogP contribution in [0.4, 0.5) is 5.82 Å². The standard InChI is InChI=1S/C14H14BrN3O2S/c1-9-4-3-7-16-13(9)17-12(19)8-18(2)14(20)10-5-6-11(15)21-10/h3-7H,8H2,1-2H3,(H,16,17,19). The molecular weight excluding hydrogens is 354 g/mol. The van der Waals surface area contributed by atoms with E-state index in [2.05, 4.69) is 26.2 Å². The zero-order valence-electron chi connectivity index (χ0n) is 11.6. The van der Waals surface area contributed by atoms with Gasteiger partial charge in [0.1, 0.15) is 5.82 Å². The molecule has 7 heteroatoms. The van der Waals surface area contributed by atoms with Gasteiger partial charge in [0, 0.05) is 13.2 Å². The van der Waals surface area contributed by atoms with Gasteiger partial charge in [-0.15, -0.1) is 11.3 Å². The summed E-state index contributed by atoms with van der Waals surface area (Å²) >= 11 is 4.65. The van der Waals surface area contributed by atoms with Crippen molar-refractivity contribution in [2.24, 2.45) is 0 Å². The van der Waals surface area contributed by atoms with Crippen molar-refractivity contribution in [3.05, 3.63) is 44.7 Å². The van der Waals surface area contributed by atoms with E-state index in [1.165, 1.54) is 16.2 Å². The molecule has 0 bridgehead atoms. The van der Waals surface area contributed by atoms with Gasteiger partial charge in [0.2, 0.25) is 5.91 Å². The fourth-order valence-corrected chi connectivity index (χ4v) is 3.07. The molecule has 0 saturated heterocycles. The fourth-order valence-electron chi connectivity index (χ4n) is 1.69. The first-order valence-electron chi connectivity index (χ1n) is 6.19. The Kier molecular flexibility index (Phi) is 5.08. The van der Waals surface area contributed by atoms with Gasteiger partial charge in [-0.3, -0.25) is 9.59 Å². The summed E-state index contributed by atoms with van der Waals surface area (Å²) in [5.74, 6) is 0.0593. The molecule has 2 amide bonds. The largest absolute Gasteiger partial charge is 0.332 e. The first-order chi connectivity index (χ1) is 9.97. The molecule has 0 aliphatic heterocycles. The molecule has 2 heterocycles. The lowest BCUT2D eigenvalue weighted by molar-refractivity contribution is -0.116. The van der Waals surface area contributed by atoms with Gasteiger partial charge >= 0.3 is 0 Å². The van der Waals surface area contributed by atoms with E-state index in [9.17, 15) is 9.59 Å². The quantitative estimate of drug-likeness (QED) is 0.903. The van der Waals surface area contributed by atoms with Crippen LogP contribution in [-0.4, -0.2) is 35.3 Å². The Bertz CT molecular complexity index is 672. The molecule has 0 unspecified atom stereocenters. The Labute approximate surface area is 135 Å². The first kappa shape index (κ1) is 15.7. The molecule has 2 rings (SSSR count). The first-order valence-corrected chi connectivity index (χ1v) is 7.80. The average molecular weight is 368 g/mol. The second kappa shape index (κ2) is 6.82. The van der Waals surface area contributed by atoms with Crippen LogP contribution in [0.5, 0.6) is 0 Å². The number of carbonyl (C=O) groups excluding carboxylic acids is 2. The van der Waals surface area contributed by atoms with Crippen molar-refractivity contribution in [1.82, 2.24) is 9.88 Å². The van der Waals surface area contributed by atoms with E-state index >= 15 is 0 Å². The highest BCUT2D eigenvalue weighted by Crippen LogP contribution is 2.23. The van der Waals surface area contributed by atoms with Crippen molar-refractivity contribution in [2.75, 3.05) is 18.9 Å². The van der Waals surface area contributed by atoms with Crippen LogP contribution in [0, 0.1) is 6.92 Å². The maximum absolute atomic E-state index is 12.1. The highest BCUT2D eigenvalue weighted by molar-refractivity contribution is 9.11. The van der Waals surface area contributed by atoms with Gasteiger partial charge < -0.3 is 10.2 Å². The van der Waals surface area contributed by atoms with Crippen LogP contribution in [0.15, 0.2) is 34.2 Å². The summed E-state index contributed by atoms with van der Waals surface area (Å²) in [6, 6.07) is 7.20. The van der Waals surface area contributed by atoms with E-state index in [-0.39, 0.29) is 18.4 Å². The van der Waals surface area contributed by atoms with E-state index in [0.717, 1.165) is 9.35 Å².